The second kappa shape index (κ2) is 7.33. The zero-order valence-corrected chi connectivity index (χ0v) is 14.9. The third-order valence-electron chi connectivity index (χ3n) is 4.30. The highest BCUT2D eigenvalue weighted by Gasteiger charge is 2.36. The van der Waals surface area contributed by atoms with Gasteiger partial charge in [0.05, 0.1) is 23.2 Å². The highest BCUT2D eigenvalue weighted by atomic mass is 32.2. The van der Waals surface area contributed by atoms with Crippen LogP contribution in [0.15, 0.2) is 53.6 Å². The van der Waals surface area contributed by atoms with Gasteiger partial charge in [-0.2, -0.15) is 4.31 Å². The molecule has 2 heterocycles. The normalized spacial score (nSPS) is 18.2. The van der Waals surface area contributed by atoms with Crippen LogP contribution >= 0.6 is 0 Å². The highest BCUT2D eigenvalue weighted by Crippen LogP contribution is 2.36. The molecule has 1 fully saturated rings. The van der Waals surface area contributed by atoms with Gasteiger partial charge in [-0.25, -0.2) is 8.42 Å². The minimum Gasteiger partial charge on any atom is -0.351 e. The van der Waals surface area contributed by atoms with Gasteiger partial charge in [0.15, 0.2) is 0 Å². The van der Waals surface area contributed by atoms with Gasteiger partial charge in [-0.05, 0) is 42.7 Å². The van der Waals surface area contributed by atoms with E-state index < -0.39 is 10.0 Å². The molecule has 0 radical (unpaired) electrons. The Morgan fingerprint density at radius 2 is 2.04 bits per heavy atom. The lowest BCUT2D eigenvalue weighted by Gasteiger charge is -2.24. The molecule has 1 aromatic heterocycles. The van der Waals surface area contributed by atoms with Crippen molar-refractivity contribution in [2.24, 2.45) is 0 Å². The Morgan fingerprint density at radius 1 is 1.28 bits per heavy atom. The molecule has 2 aromatic rings. The Morgan fingerprint density at radius 3 is 2.76 bits per heavy atom. The summed E-state index contributed by atoms with van der Waals surface area (Å²) in [4.78, 5) is 15.6. The highest BCUT2D eigenvalue weighted by molar-refractivity contribution is 7.89. The molecule has 6 nitrogen and oxygen atoms in total. The first kappa shape index (κ1) is 17.6. The van der Waals surface area contributed by atoms with Crippen molar-refractivity contribution < 1.29 is 13.2 Å². The molecule has 3 rings (SSSR count). The number of aromatic nitrogens is 1. The van der Waals surface area contributed by atoms with Crippen molar-refractivity contribution in [1.29, 1.82) is 0 Å². The maximum absolute atomic E-state index is 13.0. The number of nitrogens with zero attached hydrogens (tertiary/aromatic N) is 2. The Hall–Kier alpha value is -2.25. The van der Waals surface area contributed by atoms with E-state index in [2.05, 4.69) is 10.3 Å². The lowest BCUT2D eigenvalue weighted by atomic mass is 10.1. The van der Waals surface area contributed by atoms with Gasteiger partial charge in [-0.3, -0.25) is 9.78 Å². The van der Waals surface area contributed by atoms with E-state index in [0.717, 1.165) is 24.1 Å². The summed E-state index contributed by atoms with van der Waals surface area (Å²) in [7, 11) is -3.53. The molecule has 1 aromatic carbocycles. The molecule has 1 aliphatic heterocycles. The molecule has 1 N–H and O–H groups in total. The maximum atomic E-state index is 13.0. The number of carbonyl (C=O) groups is 1. The fourth-order valence-electron chi connectivity index (χ4n) is 3.10. The number of nitrogens with one attached hydrogen (secondary N) is 1. The summed E-state index contributed by atoms with van der Waals surface area (Å²) in [5.41, 5.74) is 1.63. The van der Waals surface area contributed by atoms with Gasteiger partial charge in [0.1, 0.15) is 0 Å². The number of hydrogen-bond donors (Lipinski definition) is 1. The van der Waals surface area contributed by atoms with Gasteiger partial charge in [-0.15, -0.1) is 0 Å². The summed E-state index contributed by atoms with van der Waals surface area (Å²) in [6, 6.07) is 12.0. The summed E-state index contributed by atoms with van der Waals surface area (Å²) in [6.45, 7) is 2.29. The van der Waals surface area contributed by atoms with Crippen molar-refractivity contribution in [2.45, 2.75) is 37.2 Å². The van der Waals surface area contributed by atoms with Gasteiger partial charge in [-0.1, -0.05) is 18.2 Å². The zero-order valence-electron chi connectivity index (χ0n) is 14.1. The summed E-state index contributed by atoms with van der Waals surface area (Å²) >= 11 is 0. The number of rotatable bonds is 5. The summed E-state index contributed by atoms with van der Waals surface area (Å²) in [6.07, 6.45) is 3.26. The van der Waals surface area contributed by atoms with Crippen LogP contribution < -0.4 is 5.32 Å². The van der Waals surface area contributed by atoms with Gasteiger partial charge in [0.25, 0.3) is 0 Å². The molecular formula is C18H21N3O3S. The van der Waals surface area contributed by atoms with E-state index >= 15 is 0 Å². The van der Waals surface area contributed by atoms with Crippen molar-refractivity contribution in [2.75, 3.05) is 6.54 Å². The minimum absolute atomic E-state index is 0.124. The number of amides is 1. The maximum Gasteiger partial charge on any atom is 0.243 e. The first-order chi connectivity index (χ1) is 12.0. The standard InChI is InChI=1S/C18H21N3O3S/c1-14(22)20-13-16-12-15(9-10-19-16)18-8-5-11-21(18)25(23,24)17-6-3-2-4-7-17/h2-4,6-7,9-10,12,18H,5,8,11,13H2,1H3,(H,20,22)/t18-/m0/s1. The molecule has 25 heavy (non-hydrogen) atoms. The van der Waals surface area contributed by atoms with E-state index in [1.807, 2.05) is 12.1 Å². The molecule has 1 amide bonds. The van der Waals surface area contributed by atoms with E-state index in [1.165, 1.54) is 6.92 Å². The van der Waals surface area contributed by atoms with Crippen molar-refractivity contribution in [3.63, 3.8) is 0 Å². The average Bonchev–Trinajstić information content (AvgIpc) is 3.12. The Bertz CT molecular complexity index is 853. The smallest absolute Gasteiger partial charge is 0.243 e. The molecule has 1 saturated heterocycles. The molecule has 7 heteroatoms. The first-order valence-electron chi connectivity index (χ1n) is 8.24. The molecular weight excluding hydrogens is 338 g/mol. The predicted octanol–water partition coefficient (Wildman–Crippen LogP) is 2.24. The second-order valence-electron chi connectivity index (χ2n) is 6.08. The van der Waals surface area contributed by atoms with E-state index in [0.29, 0.717) is 18.0 Å². The van der Waals surface area contributed by atoms with Crippen LogP contribution in [0.25, 0.3) is 0 Å². The van der Waals surface area contributed by atoms with Gasteiger partial charge in [0, 0.05) is 19.7 Å². The summed E-state index contributed by atoms with van der Waals surface area (Å²) < 4.78 is 27.5. The van der Waals surface area contributed by atoms with E-state index in [9.17, 15) is 13.2 Å². The Labute approximate surface area is 147 Å². The largest absolute Gasteiger partial charge is 0.351 e. The van der Waals surface area contributed by atoms with Crippen LogP contribution in [0.2, 0.25) is 0 Å². The minimum atomic E-state index is -3.53. The zero-order chi connectivity index (χ0) is 17.9. The first-order valence-corrected chi connectivity index (χ1v) is 9.68. The van der Waals surface area contributed by atoms with Gasteiger partial charge in [0.2, 0.25) is 15.9 Å². The van der Waals surface area contributed by atoms with Crippen LogP contribution in [0.4, 0.5) is 0 Å². The van der Waals surface area contributed by atoms with Crippen LogP contribution in [-0.4, -0.2) is 30.2 Å². The van der Waals surface area contributed by atoms with Crippen molar-refractivity contribution >= 4 is 15.9 Å². The molecule has 1 aliphatic rings. The molecule has 132 valence electrons. The van der Waals surface area contributed by atoms with Crippen LogP contribution in [0.3, 0.4) is 0 Å². The fraction of sp³-hybridized carbons (Fsp3) is 0.333. The molecule has 0 bridgehead atoms. The number of hydrogen-bond acceptors (Lipinski definition) is 4. The lowest BCUT2D eigenvalue weighted by Crippen LogP contribution is -2.30. The second-order valence-corrected chi connectivity index (χ2v) is 7.97. The monoisotopic (exact) mass is 359 g/mol. The van der Waals surface area contributed by atoms with E-state index in [1.54, 1.807) is 40.8 Å². The topological polar surface area (TPSA) is 79.4 Å². The third-order valence-corrected chi connectivity index (χ3v) is 6.22. The molecule has 0 spiro atoms. The number of sulfonamides is 1. The fourth-order valence-corrected chi connectivity index (χ4v) is 4.81. The van der Waals surface area contributed by atoms with Gasteiger partial charge >= 0.3 is 0 Å². The number of pyridine rings is 1. The molecule has 0 saturated carbocycles. The predicted molar refractivity (Wildman–Crippen MR) is 94.1 cm³/mol. The van der Waals surface area contributed by atoms with Crippen molar-refractivity contribution in [1.82, 2.24) is 14.6 Å². The Balaban J connectivity index is 1.87. The van der Waals surface area contributed by atoms with Crippen LogP contribution in [-0.2, 0) is 21.4 Å². The lowest BCUT2D eigenvalue weighted by molar-refractivity contribution is -0.119. The SMILES string of the molecule is CC(=O)NCc1cc([C@@H]2CCCN2S(=O)(=O)c2ccccc2)ccn1. The van der Waals surface area contributed by atoms with Crippen molar-refractivity contribution in [3.8, 4) is 0 Å². The number of benzene rings is 1. The third kappa shape index (κ3) is 3.88. The number of carbonyl (C=O) groups excluding carboxylic acids is 1. The van der Waals surface area contributed by atoms with E-state index in [4.69, 9.17) is 0 Å². The molecule has 1 atom stereocenters. The molecule has 0 unspecified atom stereocenters. The molecule has 0 aliphatic carbocycles. The van der Waals surface area contributed by atoms with Crippen molar-refractivity contribution in [3.05, 3.63) is 59.9 Å². The van der Waals surface area contributed by atoms with Crippen LogP contribution in [0.5, 0.6) is 0 Å². The quantitative estimate of drug-likeness (QED) is 0.888. The van der Waals surface area contributed by atoms with Gasteiger partial charge < -0.3 is 5.32 Å². The average molecular weight is 359 g/mol. The summed E-state index contributed by atoms with van der Waals surface area (Å²) in [5.74, 6) is -0.124. The van der Waals surface area contributed by atoms with Crippen LogP contribution in [0, 0.1) is 0 Å². The Kier molecular flexibility index (Phi) is 5.15. The van der Waals surface area contributed by atoms with Crippen LogP contribution in [0.1, 0.15) is 37.1 Å². The summed E-state index contributed by atoms with van der Waals surface area (Å²) in [5, 5.41) is 2.71. The van der Waals surface area contributed by atoms with E-state index in [-0.39, 0.29) is 11.9 Å².